The molecule has 0 unspecified atom stereocenters. The van der Waals surface area contributed by atoms with E-state index in [0.717, 1.165) is 43.9 Å². The number of rotatable bonds is 6. The summed E-state index contributed by atoms with van der Waals surface area (Å²) in [5.74, 6) is 1.62. The first-order chi connectivity index (χ1) is 8.88. The van der Waals surface area contributed by atoms with E-state index in [4.69, 9.17) is 5.73 Å². The van der Waals surface area contributed by atoms with Crippen LogP contribution in [-0.4, -0.2) is 17.5 Å². The van der Waals surface area contributed by atoms with Crippen molar-refractivity contribution >= 4 is 5.91 Å². The molecule has 1 aliphatic rings. The first kappa shape index (κ1) is 16.5. The van der Waals surface area contributed by atoms with Gasteiger partial charge in [0.1, 0.15) is 0 Å². The molecule has 3 N–H and O–H groups in total. The van der Waals surface area contributed by atoms with Crippen LogP contribution in [-0.2, 0) is 4.79 Å². The van der Waals surface area contributed by atoms with Crippen LogP contribution in [0.2, 0.25) is 0 Å². The third-order valence-corrected chi connectivity index (χ3v) is 4.71. The Bertz CT molecular complexity index is 280. The first-order valence-electron chi connectivity index (χ1n) is 7.95. The van der Waals surface area contributed by atoms with Crippen LogP contribution in [0.25, 0.3) is 0 Å². The molecule has 0 saturated heterocycles. The van der Waals surface area contributed by atoms with Gasteiger partial charge in [0.15, 0.2) is 0 Å². The molecule has 0 bridgehead atoms. The Morgan fingerprint density at radius 3 is 2.42 bits per heavy atom. The van der Waals surface area contributed by atoms with Gasteiger partial charge in [0.25, 0.3) is 0 Å². The van der Waals surface area contributed by atoms with E-state index in [1.807, 2.05) is 0 Å². The Morgan fingerprint density at radius 2 is 1.95 bits per heavy atom. The van der Waals surface area contributed by atoms with E-state index in [1.54, 1.807) is 0 Å². The zero-order valence-electron chi connectivity index (χ0n) is 13.2. The van der Waals surface area contributed by atoms with Gasteiger partial charge >= 0.3 is 0 Å². The first-order valence-corrected chi connectivity index (χ1v) is 7.95. The van der Waals surface area contributed by atoms with E-state index in [2.05, 4.69) is 33.0 Å². The van der Waals surface area contributed by atoms with Gasteiger partial charge in [0.05, 0.1) is 6.04 Å². The maximum atomic E-state index is 12.1. The normalized spacial score (nSPS) is 29.3. The minimum Gasteiger partial charge on any atom is -0.350 e. The number of hydrogen-bond acceptors (Lipinski definition) is 2. The lowest BCUT2D eigenvalue weighted by atomic mass is 9.73. The topological polar surface area (TPSA) is 55.1 Å². The molecule has 1 amide bonds. The predicted molar refractivity (Wildman–Crippen MR) is 80.8 cm³/mol. The summed E-state index contributed by atoms with van der Waals surface area (Å²) in [7, 11) is 0. The zero-order valence-corrected chi connectivity index (χ0v) is 13.2. The highest BCUT2D eigenvalue weighted by atomic mass is 16.2. The summed E-state index contributed by atoms with van der Waals surface area (Å²) in [5, 5.41) is 3.20. The maximum absolute atomic E-state index is 12.1. The maximum Gasteiger partial charge on any atom is 0.237 e. The molecule has 1 fully saturated rings. The SMILES string of the molecule is CCCC[C@H](N)C(=O)NC1(C)CCC(C(C)C)CC1. The Hall–Kier alpha value is -0.570. The van der Waals surface area contributed by atoms with Crippen molar-refractivity contribution in [2.24, 2.45) is 17.6 Å². The van der Waals surface area contributed by atoms with Gasteiger partial charge in [0, 0.05) is 5.54 Å². The van der Waals surface area contributed by atoms with Crippen molar-refractivity contribution in [3.63, 3.8) is 0 Å². The molecule has 0 aliphatic heterocycles. The molecule has 0 aromatic rings. The molecule has 3 heteroatoms. The average molecular weight is 268 g/mol. The van der Waals surface area contributed by atoms with Crippen molar-refractivity contribution in [1.82, 2.24) is 5.32 Å². The molecule has 0 aromatic carbocycles. The van der Waals surface area contributed by atoms with Crippen LogP contribution in [0, 0.1) is 11.8 Å². The number of hydrogen-bond donors (Lipinski definition) is 2. The highest BCUT2D eigenvalue weighted by Gasteiger charge is 2.34. The van der Waals surface area contributed by atoms with Crippen molar-refractivity contribution in [3.05, 3.63) is 0 Å². The van der Waals surface area contributed by atoms with Crippen LogP contribution in [0.15, 0.2) is 0 Å². The number of nitrogens with one attached hydrogen (secondary N) is 1. The van der Waals surface area contributed by atoms with Crippen LogP contribution in [0.4, 0.5) is 0 Å². The summed E-state index contributed by atoms with van der Waals surface area (Å²) in [6.45, 7) is 8.90. The molecule has 1 aliphatic carbocycles. The van der Waals surface area contributed by atoms with Crippen molar-refractivity contribution in [2.75, 3.05) is 0 Å². The van der Waals surface area contributed by atoms with E-state index >= 15 is 0 Å². The van der Waals surface area contributed by atoms with E-state index < -0.39 is 0 Å². The zero-order chi connectivity index (χ0) is 14.5. The lowest BCUT2D eigenvalue weighted by Crippen LogP contribution is -2.53. The van der Waals surface area contributed by atoms with Gasteiger partial charge in [-0.3, -0.25) is 4.79 Å². The Labute approximate surface area is 118 Å². The quantitative estimate of drug-likeness (QED) is 0.777. The van der Waals surface area contributed by atoms with Crippen LogP contribution in [0.3, 0.4) is 0 Å². The van der Waals surface area contributed by atoms with E-state index in [-0.39, 0.29) is 17.5 Å². The second-order valence-electron chi connectivity index (χ2n) is 6.88. The minimum atomic E-state index is -0.334. The lowest BCUT2D eigenvalue weighted by molar-refractivity contribution is -0.124. The molecular weight excluding hydrogens is 236 g/mol. The third-order valence-electron chi connectivity index (χ3n) is 4.71. The molecule has 1 saturated carbocycles. The van der Waals surface area contributed by atoms with Crippen LogP contribution >= 0.6 is 0 Å². The van der Waals surface area contributed by atoms with Crippen LogP contribution < -0.4 is 11.1 Å². The van der Waals surface area contributed by atoms with Gasteiger partial charge in [-0.05, 0) is 50.9 Å². The number of amides is 1. The van der Waals surface area contributed by atoms with Crippen molar-refractivity contribution in [3.8, 4) is 0 Å². The fourth-order valence-corrected chi connectivity index (χ4v) is 3.01. The second-order valence-corrected chi connectivity index (χ2v) is 6.88. The molecule has 112 valence electrons. The molecule has 19 heavy (non-hydrogen) atoms. The minimum absolute atomic E-state index is 0.0354. The Balaban J connectivity index is 2.41. The van der Waals surface area contributed by atoms with Crippen LogP contribution in [0.1, 0.15) is 72.6 Å². The fourth-order valence-electron chi connectivity index (χ4n) is 3.01. The standard InChI is InChI=1S/C16H32N2O/c1-5-6-7-14(17)15(19)18-16(4)10-8-13(9-11-16)12(2)3/h12-14H,5-11,17H2,1-4H3,(H,18,19)/t13?,14-,16?/m0/s1. The summed E-state index contributed by atoms with van der Waals surface area (Å²) in [6, 6.07) is -0.334. The average Bonchev–Trinajstić information content (AvgIpc) is 2.35. The lowest BCUT2D eigenvalue weighted by Gasteiger charge is -2.40. The molecule has 0 aromatic heterocycles. The number of unbranched alkanes of at least 4 members (excludes halogenated alkanes) is 1. The molecule has 1 rings (SSSR count). The Morgan fingerprint density at radius 1 is 1.37 bits per heavy atom. The monoisotopic (exact) mass is 268 g/mol. The molecular formula is C16H32N2O. The summed E-state index contributed by atoms with van der Waals surface area (Å²) < 4.78 is 0. The smallest absolute Gasteiger partial charge is 0.237 e. The van der Waals surface area contributed by atoms with Gasteiger partial charge in [-0.1, -0.05) is 33.6 Å². The van der Waals surface area contributed by atoms with Crippen LogP contribution in [0.5, 0.6) is 0 Å². The van der Waals surface area contributed by atoms with Gasteiger partial charge in [-0.25, -0.2) is 0 Å². The summed E-state index contributed by atoms with van der Waals surface area (Å²) >= 11 is 0. The predicted octanol–water partition coefficient (Wildman–Crippen LogP) is 3.23. The molecule has 1 atom stereocenters. The van der Waals surface area contributed by atoms with Crippen molar-refractivity contribution in [2.45, 2.75) is 84.2 Å². The van der Waals surface area contributed by atoms with Crippen molar-refractivity contribution in [1.29, 1.82) is 0 Å². The molecule has 3 nitrogen and oxygen atoms in total. The summed E-state index contributed by atoms with van der Waals surface area (Å²) in [6.07, 6.45) is 7.53. The highest BCUT2D eigenvalue weighted by molar-refractivity contribution is 5.82. The molecule has 0 radical (unpaired) electrons. The third kappa shape index (κ3) is 5.13. The summed E-state index contributed by atoms with van der Waals surface area (Å²) in [5.41, 5.74) is 5.91. The van der Waals surface area contributed by atoms with E-state index in [0.29, 0.717) is 0 Å². The van der Waals surface area contributed by atoms with E-state index in [1.165, 1.54) is 12.8 Å². The number of carbonyl (C=O) groups excluding carboxylic acids is 1. The number of nitrogens with two attached hydrogens (primary N) is 1. The molecule has 0 spiro atoms. The van der Waals surface area contributed by atoms with Gasteiger partial charge < -0.3 is 11.1 Å². The largest absolute Gasteiger partial charge is 0.350 e. The highest BCUT2D eigenvalue weighted by Crippen LogP contribution is 2.35. The number of carbonyl (C=O) groups is 1. The van der Waals surface area contributed by atoms with Gasteiger partial charge in [-0.15, -0.1) is 0 Å². The molecule has 0 heterocycles. The Kier molecular flexibility index (Phi) is 6.31. The summed E-state index contributed by atoms with van der Waals surface area (Å²) in [4.78, 5) is 12.1. The van der Waals surface area contributed by atoms with E-state index in [9.17, 15) is 4.79 Å². The second kappa shape index (κ2) is 7.28. The van der Waals surface area contributed by atoms with Crippen molar-refractivity contribution < 1.29 is 4.79 Å². The van der Waals surface area contributed by atoms with Gasteiger partial charge in [0.2, 0.25) is 5.91 Å². The van der Waals surface area contributed by atoms with Gasteiger partial charge in [-0.2, -0.15) is 0 Å². The fraction of sp³-hybridized carbons (Fsp3) is 0.938.